The van der Waals surface area contributed by atoms with E-state index in [0.29, 0.717) is 0 Å². The molecule has 0 fully saturated rings. The van der Waals surface area contributed by atoms with Crippen LogP contribution in [-0.2, 0) is 4.79 Å². The smallest absolute Gasteiger partial charge is 0.326 e. The van der Waals surface area contributed by atoms with E-state index >= 15 is 0 Å². The van der Waals surface area contributed by atoms with Crippen molar-refractivity contribution in [3.63, 3.8) is 0 Å². The fraction of sp³-hybridized carbons (Fsp3) is 0.385. The SMILES string of the molecule is COc1cccc(OC)c1C(=O)N[C@H](CCO)C(=O)O. The molecule has 3 N–H and O–H groups in total. The summed E-state index contributed by atoms with van der Waals surface area (Å²) in [5.74, 6) is -1.31. The van der Waals surface area contributed by atoms with Gasteiger partial charge in [-0.1, -0.05) is 6.07 Å². The number of rotatable bonds is 7. The van der Waals surface area contributed by atoms with Crippen LogP contribution in [0.25, 0.3) is 0 Å². The van der Waals surface area contributed by atoms with E-state index < -0.39 is 17.9 Å². The minimum atomic E-state index is -1.22. The monoisotopic (exact) mass is 283 g/mol. The van der Waals surface area contributed by atoms with Crippen LogP contribution in [0.5, 0.6) is 11.5 Å². The molecule has 20 heavy (non-hydrogen) atoms. The maximum absolute atomic E-state index is 12.2. The van der Waals surface area contributed by atoms with E-state index in [1.54, 1.807) is 18.2 Å². The van der Waals surface area contributed by atoms with Gasteiger partial charge in [-0.25, -0.2) is 4.79 Å². The van der Waals surface area contributed by atoms with Gasteiger partial charge in [-0.2, -0.15) is 0 Å². The number of amides is 1. The van der Waals surface area contributed by atoms with Crippen LogP contribution in [0.1, 0.15) is 16.8 Å². The summed E-state index contributed by atoms with van der Waals surface area (Å²) in [7, 11) is 2.79. The lowest BCUT2D eigenvalue weighted by atomic mass is 10.1. The lowest BCUT2D eigenvalue weighted by molar-refractivity contribution is -0.139. The molecule has 1 amide bonds. The molecule has 0 aliphatic heterocycles. The molecule has 1 aromatic rings. The number of hydrogen-bond acceptors (Lipinski definition) is 5. The zero-order valence-electron chi connectivity index (χ0n) is 11.3. The molecular formula is C13H17NO6. The van der Waals surface area contributed by atoms with Crippen molar-refractivity contribution in [3.05, 3.63) is 23.8 Å². The zero-order valence-corrected chi connectivity index (χ0v) is 11.3. The van der Waals surface area contributed by atoms with Crippen LogP contribution < -0.4 is 14.8 Å². The molecule has 0 unspecified atom stereocenters. The third-order valence-electron chi connectivity index (χ3n) is 2.68. The highest BCUT2D eigenvalue weighted by atomic mass is 16.5. The van der Waals surface area contributed by atoms with Gasteiger partial charge in [0.05, 0.1) is 14.2 Å². The Morgan fingerprint density at radius 2 is 1.80 bits per heavy atom. The maximum atomic E-state index is 12.2. The van der Waals surface area contributed by atoms with Crippen LogP contribution in [0.2, 0.25) is 0 Å². The number of ether oxygens (including phenoxy) is 2. The molecule has 0 heterocycles. The van der Waals surface area contributed by atoms with Crippen LogP contribution in [-0.4, -0.2) is 49.0 Å². The minimum absolute atomic E-state index is 0.0848. The topological polar surface area (TPSA) is 105 Å². The highest BCUT2D eigenvalue weighted by molar-refractivity contribution is 6.01. The largest absolute Gasteiger partial charge is 0.496 e. The summed E-state index contributed by atoms with van der Waals surface area (Å²) < 4.78 is 10.1. The fourth-order valence-electron chi connectivity index (χ4n) is 1.69. The highest BCUT2D eigenvalue weighted by Crippen LogP contribution is 2.28. The van der Waals surface area contributed by atoms with Gasteiger partial charge in [-0.3, -0.25) is 4.79 Å². The molecule has 110 valence electrons. The third kappa shape index (κ3) is 3.61. The Morgan fingerprint density at radius 1 is 1.25 bits per heavy atom. The summed E-state index contributed by atoms with van der Waals surface area (Å²) >= 11 is 0. The molecule has 7 nitrogen and oxygen atoms in total. The fourth-order valence-corrected chi connectivity index (χ4v) is 1.69. The van der Waals surface area contributed by atoms with Gasteiger partial charge in [0.25, 0.3) is 5.91 Å². The summed E-state index contributed by atoms with van der Waals surface area (Å²) in [6.07, 6.45) is -0.0848. The van der Waals surface area contributed by atoms with Gasteiger partial charge in [0, 0.05) is 13.0 Å². The molecule has 0 spiro atoms. The van der Waals surface area contributed by atoms with Crippen LogP contribution >= 0.6 is 0 Å². The number of benzene rings is 1. The van der Waals surface area contributed by atoms with Gasteiger partial charge in [0.2, 0.25) is 0 Å². The van der Waals surface area contributed by atoms with E-state index in [4.69, 9.17) is 19.7 Å². The van der Waals surface area contributed by atoms with Crippen molar-refractivity contribution in [1.82, 2.24) is 5.32 Å². The summed E-state index contributed by atoms with van der Waals surface area (Å²) in [4.78, 5) is 23.2. The number of carboxylic acids is 1. The lowest BCUT2D eigenvalue weighted by Gasteiger charge is -2.16. The average Bonchev–Trinajstić information content (AvgIpc) is 2.45. The molecule has 0 aliphatic rings. The van der Waals surface area contributed by atoms with E-state index in [9.17, 15) is 9.59 Å². The number of aliphatic hydroxyl groups excluding tert-OH is 1. The Hall–Kier alpha value is -2.28. The van der Waals surface area contributed by atoms with Gasteiger partial charge in [0.1, 0.15) is 23.1 Å². The molecular weight excluding hydrogens is 266 g/mol. The summed E-state index contributed by atoms with van der Waals surface area (Å²) in [6, 6.07) is 3.61. The Balaban J connectivity index is 3.04. The Labute approximate surface area is 116 Å². The molecule has 0 bridgehead atoms. The predicted octanol–water partition coefficient (Wildman–Crippen LogP) is 0.269. The number of nitrogens with one attached hydrogen (secondary N) is 1. The lowest BCUT2D eigenvalue weighted by Crippen LogP contribution is -2.41. The van der Waals surface area contributed by atoms with E-state index in [1.165, 1.54) is 14.2 Å². The first-order chi connectivity index (χ1) is 9.54. The summed E-state index contributed by atoms with van der Waals surface area (Å²) in [5, 5.41) is 20.1. The molecule has 1 aromatic carbocycles. The second kappa shape index (κ2) is 7.34. The average molecular weight is 283 g/mol. The number of methoxy groups -OCH3 is 2. The quantitative estimate of drug-likeness (QED) is 0.663. The summed E-state index contributed by atoms with van der Waals surface area (Å²) in [5.41, 5.74) is 0.113. The van der Waals surface area contributed by atoms with Gasteiger partial charge in [-0.05, 0) is 12.1 Å². The number of aliphatic carboxylic acids is 1. The van der Waals surface area contributed by atoms with E-state index in [2.05, 4.69) is 5.32 Å². The van der Waals surface area contributed by atoms with Gasteiger partial charge in [-0.15, -0.1) is 0 Å². The van der Waals surface area contributed by atoms with Gasteiger partial charge < -0.3 is 25.0 Å². The number of carbonyl (C=O) groups excluding carboxylic acids is 1. The molecule has 0 saturated carbocycles. The predicted molar refractivity (Wildman–Crippen MR) is 70.1 cm³/mol. The minimum Gasteiger partial charge on any atom is -0.496 e. The number of carboxylic acid groups (broad SMARTS) is 1. The van der Waals surface area contributed by atoms with Crippen LogP contribution in [0.15, 0.2) is 18.2 Å². The van der Waals surface area contributed by atoms with Crippen molar-refractivity contribution in [3.8, 4) is 11.5 Å². The van der Waals surface area contributed by atoms with E-state index in [-0.39, 0.29) is 30.1 Å². The first-order valence-electron chi connectivity index (χ1n) is 5.90. The van der Waals surface area contributed by atoms with Crippen molar-refractivity contribution >= 4 is 11.9 Å². The number of carbonyl (C=O) groups is 2. The Bertz CT molecular complexity index is 465. The highest BCUT2D eigenvalue weighted by Gasteiger charge is 2.24. The Morgan fingerprint density at radius 3 is 2.20 bits per heavy atom. The van der Waals surface area contributed by atoms with Crippen molar-refractivity contribution in [2.45, 2.75) is 12.5 Å². The number of hydrogen-bond donors (Lipinski definition) is 3. The molecule has 0 aliphatic carbocycles. The molecule has 0 saturated heterocycles. The zero-order chi connectivity index (χ0) is 15.1. The molecule has 1 atom stereocenters. The summed E-state index contributed by atoms with van der Waals surface area (Å²) in [6.45, 7) is -0.347. The first-order valence-corrected chi connectivity index (χ1v) is 5.90. The van der Waals surface area contributed by atoms with Gasteiger partial charge in [0.15, 0.2) is 0 Å². The maximum Gasteiger partial charge on any atom is 0.326 e. The van der Waals surface area contributed by atoms with Crippen molar-refractivity contribution in [2.75, 3.05) is 20.8 Å². The van der Waals surface area contributed by atoms with Crippen molar-refractivity contribution in [2.24, 2.45) is 0 Å². The number of aliphatic hydroxyl groups is 1. The molecule has 0 radical (unpaired) electrons. The Kier molecular flexibility index (Phi) is 5.79. The third-order valence-corrected chi connectivity index (χ3v) is 2.68. The van der Waals surface area contributed by atoms with Crippen LogP contribution in [0, 0.1) is 0 Å². The van der Waals surface area contributed by atoms with Crippen molar-refractivity contribution < 1.29 is 29.3 Å². The molecule has 1 rings (SSSR count). The standard InChI is InChI=1S/C13H17NO6/c1-19-9-4-3-5-10(20-2)11(9)12(16)14-8(6-7-15)13(17)18/h3-5,8,15H,6-7H2,1-2H3,(H,14,16)(H,17,18)/t8-/m1/s1. The molecule has 7 heteroatoms. The van der Waals surface area contributed by atoms with Crippen LogP contribution in [0.4, 0.5) is 0 Å². The second-order valence-corrected chi connectivity index (χ2v) is 3.91. The first kappa shape index (κ1) is 15.8. The van der Waals surface area contributed by atoms with Gasteiger partial charge >= 0.3 is 5.97 Å². The normalized spacial score (nSPS) is 11.6. The molecule has 0 aromatic heterocycles. The van der Waals surface area contributed by atoms with E-state index in [1.807, 2.05) is 0 Å². The van der Waals surface area contributed by atoms with E-state index in [0.717, 1.165) is 0 Å². The second-order valence-electron chi connectivity index (χ2n) is 3.91. The van der Waals surface area contributed by atoms with Crippen LogP contribution in [0.3, 0.4) is 0 Å². The van der Waals surface area contributed by atoms with Crippen molar-refractivity contribution in [1.29, 1.82) is 0 Å².